The Hall–Kier alpha value is -0.763. The van der Waals surface area contributed by atoms with Gasteiger partial charge in [-0.1, -0.05) is 92.0 Å². The Labute approximate surface area is 229 Å². The van der Waals surface area contributed by atoms with Gasteiger partial charge in [-0.25, -0.2) is 4.39 Å². The first kappa shape index (κ1) is 30.5. The number of benzene rings is 2. The Morgan fingerprint density at radius 2 is 1.51 bits per heavy atom. The molecular weight excluding hydrogens is 546 g/mol. The molecule has 0 radical (unpaired) electrons. The highest BCUT2D eigenvalue weighted by molar-refractivity contribution is 8.00. The van der Waals surface area contributed by atoms with E-state index in [1.54, 1.807) is 12.1 Å². The lowest BCUT2D eigenvalue weighted by Crippen LogP contribution is -2.40. The summed E-state index contributed by atoms with van der Waals surface area (Å²) in [7, 11) is -1.83. The van der Waals surface area contributed by atoms with Crippen LogP contribution in [0, 0.1) is 5.82 Å². The van der Waals surface area contributed by atoms with Crippen LogP contribution in [0.4, 0.5) is 4.39 Å². The van der Waals surface area contributed by atoms with E-state index in [0.29, 0.717) is 25.2 Å². The summed E-state index contributed by atoms with van der Waals surface area (Å²) in [5.74, 6) is -0.0316. The number of aryl methyl sites for hydroxylation is 1. The molecule has 0 aliphatic rings. The quantitative estimate of drug-likeness (QED) is 0.153. The number of ether oxygens (including phenoxy) is 1. The fourth-order valence-corrected chi connectivity index (χ4v) is 5.17. The van der Waals surface area contributed by atoms with Crippen LogP contribution < -0.4 is 0 Å². The van der Waals surface area contributed by atoms with E-state index in [1.165, 1.54) is 23.9 Å². The van der Waals surface area contributed by atoms with Crippen LogP contribution in [0.3, 0.4) is 0 Å². The number of hydrogen-bond acceptors (Lipinski definition) is 4. The van der Waals surface area contributed by atoms with Gasteiger partial charge in [0.2, 0.25) is 3.79 Å². The van der Waals surface area contributed by atoms with Crippen molar-refractivity contribution in [3.63, 3.8) is 0 Å². The second-order valence-electron chi connectivity index (χ2n) is 10.0. The Morgan fingerprint density at radius 3 is 2.06 bits per heavy atom. The normalized spacial score (nSPS) is 13.5. The summed E-state index contributed by atoms with van der Waals surface area (Å²) >= 11 is 18.7. The van der Waals surface area contributed by atoms with E-state index in [-0.39, 0.29) is 17.5 Å². The molecule has 3 nitrogen and oxygen atoms in total. The molecule has 1 atom stereocenters. The zero-order chi connectivity index (χ0) is 26.3. The molecule has 0 fully saturated rings. The summed E-state index contributed by atoms with van der Waals surface area (Å²) < 4.78 is 23.1. The lowest BCUT2D eigenvalue weighted by atomic mass is 10.1. The summed E-state index contributed by atoms with van der Waals surface area (Å²) in [5.41, 5.74) is 3.10. The number of esters is 1. The van der Waals surface area contributed by atoms with Crippen LogP contribution in [-0.4, -0.2) is 35.7 Å². The summed E-state index contributed by atoms with van der Waals surface area (Å²) in [5, 5.41) is -0.310. The zero-order valence-corrected chi connectivity index (χ0v) is 25.0. The van der Waals surface area contributed by atoms with E-state index in [2.05, 4.69) is 33.9 Å². The Kier molecular flexibility index (Phi) is 11.5. The maximum absolute atomic E-state index is 13.1. The number of rotatable bonds is 11. The standard InChI is InChI=1S/C26H34Cl3FO3SSi/c1-25(2,3)35(4,5)33-17-21-8-6-20(7-9-21)16-23(24(31)32-18-26(27,28)29)34-15-14-19-10-12-22(30)13-11-19/h6-13,23H,14-18H2,1-5H3. The highest BCUT2D eigenvalue weighted by Gasteiger charge is 2.37. The first-order valence-corrected chi connectivity index (χ1v) is 16.6. The highest BCUT2D eigenvalue weighted by Crippen LogP contribution is 2.37. The number of halogens is 4. The van der Waals surface area contributed by atoms with Crippen LogP contribution in [0.1, 0.15) is 37.5 Å². The number of hydrogen-bond donors (Lipinski definition) is 0. The van der Waals surface area contributed by atoms with Gasteiger partial charge in [-0.2, -0.15) is 0 Å². The van der Waals surface area contributed by atoms with Crippen molar-refractivity contribution >= 4 is 60.9 Å². The van der Waals surface area contributed by atoms with Crippen molar-refractivity contribution in [3.05, 3.63) is 71.0 Å². The molecule has 2 aromatic carbocycles. The lowest BCUT2D eigenvalue weighted by molar-refractivity contribution is -0.142. The highest BCUT2D eigenvalue weighted by atomic mass is 35.6. The van der Waals surface area contributed by atoms with Crippen molar-refractivity contribution in [2.24, 2.45) is 0 Å². The molecule has 0 spiro atoms. The van der Waals surface area contributed by atoms with E-state index >= 15 is 0 Å². The lowest BCUT2D eigenvalue weighted by Gasteiger charge is -2.36. The van der Waals surface area contributed by atoms with Crippen LogP contribution in [0.5, 0.6) is 0 Å². The summed E-state index contributed by atoms with van der Waals surface area (Å²) in [6, 6.07) is 14.5. The van der Waals surface area contributed by atoms with Crippen LogP contribution in [0.25, 0.3) is 0 Å². The molecule has 0 aliphatic heterocycles. The molecule has 0 N–H and O–H groups in total. The number of thioether (sulfide) groups is 1. The van der Waals surface area contributed by atoms with Gasteiger partial charge in [0, 0.05) is 0 Å². The predicted molar refractivity (Wildman–Crippen MR) is 150 cm³/mol. The van der Waals surface area contributed by atoms with Gasteiger partial charge in [0.05, 0.1) is 6.61 Å². The van der Waals surface area contributed by atoms with Crippen LogP contribution in [0.15, 0.2) is 48.5 Å². The minimum absolute atomic E-state index is 0.151. The SMILES string of the molecule is CC(C)(C)[Si](C)(C)OCc1ccc(CC(SCCc2ccc(F)cc2)C(=O)OCC(Cl)(Cl)Cl)cc1. The molecule has 2 aromatic rings. The first-order chi connectivity index (χ1) is 16.2. The summed E-state index contributed by atoms with van der Waals surface area (Å²) in [6.07, 6.45) is 1.18. The van der Waals surface area contributed by atoms with Gasteiger partial charge in [-0.3, -0.25) is 4.79 Å². The molecule has 2 rings (SSSR count). The molecule has 1 unspecified atom stereocenters. The Bertz CT molecular complexity index is 942. The van der Waals surface area contributed by atoms with Gasteiger partial charge in [-0.05, 0) is 65.5 Å². The maximum atomic E-state index is 13.1. The number of carbonyl (C=O) groups excluding carboxylic acids is 1. The number of alkyl halides is 3. The zero-order valence-electron chi connectivity index (χ0n) is 20.9. The average Bonchev–Trinajstić information content (AvgIpc) is 2.76. The Balaban J connectivity index is 2.01. The van der Waals surface area contributed by atoms with E-state index < -0.39 is 23.3 Å². The van der Waals surface area contributed by atoms with Gasteiger partial charge in [-0.15, -0.1) is 11.8 Å². The number of carbonyl (C=O) groups is 1. The van der Waals surface area contributed by atoms with Crippen molar-refractivity contribution in [1.82, 2.24) is 0 Å². The molecule has 0 saturated heterocycles. The van der Waals surface area contributed by atoms with Gasteiger partial charge in [0.25, 0.3) is 0 Å². The molecule has 9 heteroatoms. The first-order valence-electron chi connectivity index (χ1n) is 11.5. The van der Waals surface area contributed by atoms with Crippen LogP contribution >= 0.6 is 46.6 Å². The minimum atomic E-state index is -1.83. The minimum Gasteiger partial charge on any atom is -0.460 e. The third-order valence-corrected chi connectivity index (χ3v) is 12.1. The molecule has 0 heterocycles. The molecule has 0 aliphatic carbocycles. The van der Waals surface area contributed by atoms with Gasteiger partial charge in [0.15, 0.2) is 8.32 Å². The summed E-state index contributed by atoms with van der Waals surface area (Å²) in [4.78, 5) is 12.8. The second-order valence-corrected chi connectivity index (χ2v) is 18.7. The average molecular weight is 580 g/mol. The largest absolute Gasteiger partial charge is 0.460 e. The van der Waals surface area contributed by atoms with Crippen molar-refractivity contribution < 1.29 is 18.3 Å². The fourth-order valence-electron chi connectivity index (χ4n) is 2.89. The van der Waals surface area contributed by atoms with Crippen molar-refractivity contribution in [1.29, 1.82) is 0 Å². The third kappa shape index (κ3) is 11.0. The van der Waals surface area contributed by atoms with Gasteiger partial charge in [0.1, 0.15) is 17.7 Å². The summed E-state index contributed by atoms with van der Waals surface area (Å²) in [6.45, 7) is 11.4. The molecule has 0 bridgehead atoms. The smallest absolute Gasteiger partial charge is 0.319 e. The van der Waals surface area contributed by atoms with E-state index in [9.17, 15) is 9.18 Å². The molecule has 194 valence electrons. The monoisotopic (exact) mass is 578 g/mol. The van der Waals surface area contributed by atoms with Crippen LogP contribution in [0.2, 0.25) is 18.1 Å². The maximum Gasteiger partial charge on any atom is 0.319 e. The van der Waals surface area contributed by atoms with E-state index in [4.69, 9.17) is 44.0 Å². The topological polar surface area (TPSA) is 35.5 Å². The molecular formula is C26H34Cl3FO3SSi. The fraction of sp³-hybridized carbons (Fsp3) is 0.500. The van der Waals surface area contributed by atoms with Gasteiger partial charge < -0.3 is 9.16 Å². The van der Waals surface area contributed by atoms with E-state index in [0.717, 1.165) is 16.7 Å². The van der Waals surface area contributed by atoms with Crippen LogP contribution in [-0.2, 0) is 33.4 Å². The van der Waals surface area contributed by atoms with Crippen molar-refractivity contribution in [2.45, 2.75) is 67.4 Å². The molecule has 0 aromatic heterocycles. The molecule has 0 saturated carbocycles. The van der Waals surface area contributed by atoms with Gasteiger partial charge >= 0.3 is 5.97 Å². The van der Waals surface area contributed by atoms with Crippen molar-refractivity contribution in [3.8, 4) is 0 Å². The molecule has 0 amide bonds. The third-order valence-electron chi connectivity index (χ3n) is 6.11. The van der Waals surface area contributed by atoms with E-state index in [1.807, 2.05) is 24.3 Å². The molecule has 35 heavy (non-hydrogen) atoms. The van der Waals surface area contributed by atoms with Crippen molar-refractivity contribution in [2.75, 3.05) is 12.4 Å². The second kappa shape index (κ2) is 13.2. The Morgan fingerprint density at radius 1 is 0.971 bits per heavy atom. The predicted octanol–water partition coefficient (Wildman–Crippen LogP) is 8.15.